The second kappa shape index (κ2) is 6.13. The summed E-state index contributed by atoms with van der Waals surface area (Å²) >= 11 is 1.62. The van der Waals surface area contributed by atoms with Crippen LogP contribution in [0.25, 0.3) is 0 Å². The average Bonchev–Trinajstić information content (AvgIpc) is 2.82. The Labute approximate surface area is 136 Å². The first-order valence-electron chi connectivity index (χ1n) is 7.77. The topological polar surface area (TPSA) is 23.6 Å². The lowest BCUT2D eigenvalue weighted by molar-refractivity contribution is 0.0756. The van der Waals surface area contributed by atoms with Gasteiger partial charge in [-0.3, -0.25) is 4.79 Å². The van der Waals surface area contributed by atoms with Crippen molar-refractivity contribution in [1.82, 2.24) is 4.90 Å². The number of hydrogen-bond acceptors (Lipinski definition) is 3. The van der Waals surface area contributed by atoms with Gasteiger partial charge >= 0.3 is 0 Å². The normalized spacial score (nSPS) is 14.7. The Hall–Kier alpha value is -1.81. The first-order valence-corrected chi connectivity index (χ1v) is 8.59. The highest BCUT2D eigenvalue weighted by Crippen LogP contribution is 2.27. The number of aryl methyl sites for hydroxylation is 2. The van der Waals surface area contributed by atoms with Gasteiger partial charge < -0.3 is 9.80 Å². The summed E-state index contributed by atoms with van der Waals surface area (Å²) in [5, 5.41) is 0. The van der Waals surface area contributed by atoms with Crippen LogP contribution >= 0.6 is 11.3 Å². The van der Waals surface area contributed by atoms with Crippen molar-refractivity contribution in [2.75, 3.05) is 25.0 Å². The molecular weight excluding hydrogens is 292 g/mol. The zero-order valence-corrected chi connectivity index (χ0v) is 14.2. The Bertz CT molecular complexity index is 692. The smallest absolute Gasteiger partial charge is 0.264 e. The quantitative estimate of drug-likeness (QED) is 0.843. The predicted molar refractivity (Wildman–Crippen MR) is 92.9 cm³/mol. The van der Waals surface area contributed by atoms with Crippen molar-refractivity contribution in [1.29, 1.82) is 0 Å². The van der Waals surface area contributed by atoms with E-state index in [0.717, 1.165) is 24.4 Å². The molecule has 2 aromatic rings. The molecule has 0 aliphatic carbocycles. The fourth-order valence-electron chi connectivity index (χ4n) is 3.00. The van der Waals surface area contributed by atoms with Crippen molar-refractivity contribution in [2.24, 2.45) is 0 Å². The van der Waals surface area contributed by atoms with E-state index in [4.69, 9.17) is 0 Å². The molecular formula is C18H22N2OS. The van der Waals surface area contributed by atoms with Crippen LogP contribution in [0.1, 0.15) is 32.6 Å². The Kier molecular flexibility index (Phi) is 4.21. The molecule has 0 atom stereocenters. The summed E-state index contributed by atoms with van der Waals surface area (Å²) in [7, 11) is 2.09. The fraction of sp³-hybridized carbons (Fsp3) is 0.389. The van der Waals surface area contributed by atoms with Gasteiger partial charge in [-0.2, -0.15) is 0 Å². The molecule has 3 nitrogen and oxygen atoms in total. The predicted octanol–water partition coefficient (Wildman–Crippen LogP) is 3.71. The number of benzene rings is 1. The molecule has 0 saturated carbocycles. The molecule has 0 fully saturated rings. The molecule has 0 unspecified atom stereocenters. The van der Waals surface area contributed by atoms with Crippen LogP contribution in [0.4, 0.5) is 5.69 Å². The molecule has 1 aliphatic heterocycles. The summed E-state index contributed by atoms with van der Waals surface area (Å²) in [4.78, 5) is 19.2. The molecule has 2 heterocycles. The van der Waals surface area contributed by atoms with Crippen LogP contribution in [0, 0.1) is 6.92 Å². The Balaban J connectivity index is 1.87. The van der Waals surface area contributed by atoms with E-state index < -0.39 is 0 Å². The molecule has 0 bridgehead atoms. The van der Waals surface area contributed by atoms with Crippen LogP contribution in [-0.2, 0) is 13.0 Å². The Morgan fingerprint density at radius 2 is 2.05 bits per heavy atom. The van der Waals surface area contributed by atoms with Gasteiger partial charge in [-0.25, -0.2) is 0 Å². The molecule has 0 spiro atoms. The maximum Gasteiger partial charge on any atom is 0.264 e. The number of para-hydroxylation sites is 1. The molecule has 0 saturated heterocycles. The standard InChI is InChI=1S/C18H22N2OS/c1-4-14-11-17(22-13(14)2)18(21)20-10-9-19(3)16-8-6-5-7-15(16)12-20/h5-8,11H,4,9-10,12H2,1-3H3. The maximum absolute atomic E-state index is 12.9. The summed E-state index contributed by atoms with van der Waals surface area (Å²) in [6, 6.07) is 10.4. The second-order valence-electron chi connectivity index (χ2n) is 5.82. The summed E-state index contributed by atoms with van der Waals surface area (Å²) in [6.07, 6.45) is 0.987. The van der Waals surface area contributed by atoms with Crippen LogP contribution in [0.3, 0.4) is 0 Å². The molecule has 22 heavy (non-hydrogen) atoms. The number of carbonyl (C=O) groups excluding carboxylic acids is 1. The number of rotatable bonds is 2. The van der Waals surface area contributed by atoms with Crippen molar-refractivity contribution >= 4 is 22.9 Å². The van der Waals surface area contributed by atoms with Crippen LogP contribution in [0.5, 0.6) is 0 Å². The number of likely N-dealkylation sites (N-methyl/N-ethyl adjacent to an activating group) is 1. The van der Waals surface area contributed by atoms with Gasteiger partial charge in [0.05, 0.1) is 4.88 Å². The fourth-order valence-corrected chi connectivity index (χ4v) is 4.08. The third-order valence-electron chi connectivity index (χ3n) is 4.37. The molecule has 1 aromatic carbocycles. The monoisotopic (exact) mass is 314 g/mol. The van der Waals surface area contributed by atoms with Gasteiger partial charge in [0.25, 0.3) is 5.91 Å². The number of hydrogen-bond donors (Lipinski definition) is 0. The van der Waals surface area contributed by atoms with Gasteiger partial charge in [0.2, 0.25) is 0 Å². The molecule has 1 aromatic heterocycles. The van der Waals surface area contributed by atoms with E-state index in [2.05, 4.69) is 50.1 Å². The van der Waals surface area contributed by atoms with Crippen molar-refractivity contribution in [3.05, 3.63) is 51.2 Å². The molecule has 1 amide bonds. The Morgan fingerprint density at radius 3 is 2.77 bits per heavy atom. The van der Waals surface area contributed by atoms with Gasteiger partial charge in [0.1, 0.15) is 0 Å². The van der Waals surface area contributed by atoms with E-state index >= 15 is 0 Å². The minimum absolute atomic E-state index is 0.165. The second-order valence-corrected chi connectivity index (χ2v) is 7.08. The SMILES string of the molecule is CCc1cc(C(=O)N2CCN(C)c3ccccc3C2)sc1C. The van der Waals surface area contributed by atoms with Crippen LogP contribution in [0.15, 0.2) is 30.3 Å². The van der Waals surface area contributed by atoms with E-state index in [-0.39, 0.29) is 5.91 Å². The third-order valence-corrected chi connectivity index (χ3v) is 5.45. The van der Waals surface area contributed by atoms with Gasteiger partial charge in [-0.1, -0.05) is 25.1 Å². The van der Waals surface area contributed by atoms with Crippen molar-refractivity contribution in [3.63, 3.8) is 0 Å². The Morgan fingerprint density at radius 1 is 1.27 bits per heavy atom. The van der Waals surface area contributed by atoms with Gasteiger partial charge in [-0.05, 0) is 36.6 Å². The van der Waals surface area contributed by atoms with Crippen molar-refractivity contribution in [3.8, 4) is 0 Å². The van der Waals surface area contributed by atoms with Crippen LogP contribution in [-0.4, -0.2) is 30.9 Å². The highest BCUT2D eigenvalue weighted by molar-refractivity contribution is 7.14. The summed E-state index contributed by atoms with van der Waals surface area (Å²) < 4.78 is 0. The lowest BCUT2D eigenvalue weighted by atomic mass is 10.1. The maximum atomic E-state index is 12.9. The number of thiophene rings is 1. The van der Waals surface area contributed by atoms with E-state index in [9.17, 15) is 4.79 Å². The lowest BCUT2D eigenvalue weighted by Crippen LogP contribution is -2.33. The highest BCUT2D eigenvalue weighted by atomic mass is 32.1. The number of nitrogens with zero attached hydrogens (tertiary/aromatic N) is 2. The minimum atomic E-state index is 0.165. The summed E-state index contributed by atoms with van der Waals surface area (Å²) in [6.45, 7) is 6.57. The van der Waals surface area contributed by atoms with E-state index in [1.165, 1.54) is 21.7 Å². The van der Waals surface area contributed by atoms with E-state index in [0.29, 0.717) is 6.54 Å². The molecule has 0 radical (unpaired) electrons. The molecule has 0 N–H and O–H groups in total. The molecule has 116 valence electrons. The molecule has 3 rings (SSSR count). The average molecular weight is 314 g/mol. The van der Waals surface area contributed by atoms with Crippen molar-refractivity contribution in [2.45, 2.75) is 26.8 Å². The van der Waals surface area contributed by atoms with Crippen LogP contribution < -0.4 is 4.90 Å². The first-order chi connectivity index (χ1) is 10.6. The van der Waals surface area contributed by atoms with Gasteiger partial charge in [-0.15, -0.1) is 11.3 Å². The number of anilines is 1. The number of amides is 1. The number of fused-ring (bicyclic) bond motifs is 1. The minimum Gasteiger partial charge on any atom is -0.373 e. The zero-order valence-electron chi connectivity index (χ0n) is 13.4. The largest absolute Gasteiger partial charge is 0.373 e. The van der Waals surface area contributed by atoms with E-state index in [1.807, 2.05) is 11.0 Å². The van der Waals surface area contributed by atoms with Gasteiger partial charge in [0, 0.05) is 37.2 Å². The lowest BCUT2D eigenvalue weighted by Gasteiger charge is -2.20. The van der Waals surface area contributed by atoms with Crippen molar-refractivity contribution < 1.29 is 4.79 Å². The summed E-state index contributed by atoms with van der Waals surface area (Å²) in [5.74, 6) is 0.165. The number of carbonyl (C=O) groups is 1. The van der Waals surface area contributed by atoms with Crippen LogP contribution in [0.2, 0.25) is 0 Å². The first kappa shape index (κ1) is 15.1. The van der Waals surface area contributed by atoms with E-state index in [1.54, 1.807) is 11.3 Å². The summed E-state index contributed by atoms with van der Waals surface area (Å²) in [5.41, 5.74) is 3.75. The zero-order chi connectivity index (χ0) is 15.7. The highest BCUT2D eigenvalue weighted by Gasteiger charge is 2.23. The third kappa shape index (κ3) is 2.75. The molecule has 4 heteroatoms. The van der Waals surface area contributed by atoms with Gasteiger partial charge in [0.15, 0.2) is 0 Å². The molecule has 1 aliphatic rings.